The number of rotatable bonds is 6. The van der Waals surface area contributed by atoms with Gasteiger partial charge in [-0.05, 0) is 69.8 Å². The molecule has 206 valence electrons. The summed E-state index contributed by atoms with van der Waals surface area (Å²) in [5, 5.41) is 9.31. The summed E-state index contributed by atoms with van der Waals surface area (Å²) in [6, 6.07) is 5.59. The lowest BCUT2D eigenvalue weighted by molar-refractivity contribution is -0.139. The van der Waals surface area contributed by atoms with Gasteiger partial charge in [0, 0.05) is 25.7 Å². The molecule has 2 aliphatic heterocycles. The number of alkyl halides is 3. The predicted molar refractivity (Wildman–Crippen MR) is 137 cm³/mol. The van der Waals surface area contributed by atoms with Crippen molar-refractivity contribution in [2.75, 3.05) is 33.3 Å². The second-order valence-electron chi connectivity index (χ2n) is 10.3. The van der Waals surface area contributed by atoms with E-state index in [0.29, 0.717) is 30.7 Å². The summed E-state index contributed by atoms with van der Waals surface area (Å²) in [6.45, 7) is 2.42. The highest BCUT2D eigenvalue weighted by Gasteiger charge is 2.36. The highest BCUT2D eigenvalue weighted by molar-refractivity contribution is 5.88. The number of aryl methyl sites for hydroxylation is 1. The highest BCUT2D eigenvalue weighted by atomic mass is 19.4. The lowest BCUT2D eigenvalue weighted by atomic mass is 9.93. The quantitative estimate of drug-likeness (QED) is 0.465. The Labute approximate surface area is 224 Å². The minimum Gasteiger partial charge on any atom is -0.493 e. The molecule has 39 heavy (non-hydrogen) atoms. The van der Waals surface area contributed by atoms with E-state index in [9.17, 15) is 23.2 Å². The van der Waals surface area contributed by atoms with Gasteiger partial charge in [-0.15, -0.1) is 0 Å². The number of carbonyl (C=O) groups is 1. The van der Waals surface area contributed by atoms with Crippen molar-refractivity contribution in [1.82, 2.24) is 29.3 Å². The lowest BCUT2D eigenvalue weighted by Crippen LogP contribution is -2.47. The number of likely N-dealkylation sites (tertiary alicyclic amines) is 2. The second-order valence-corrected chi connectivity index (χ2v) is 10.3. The van der Waals surface area contributed by atoms with Crippen molar-refractivity contribution in [3.63, 3.8) is 0 Å². The summed E-state index contributed by atoms with van der Waals surface area (Å²) in [4.78, 5) is 29.3. The fourth-order valence-electron chi connectivity index (χ4n) is 5.49. The Kier molecular flexibility index (Phi) is 7.44. The molecule has 3 aromatic rings. The van der Waals surface area contributed by atoms with Crippen molar-refractivity contribution in [3.8, 4) is 23.1 Å². The molecule has 1 unspecified atom stereocenters. The molecule has 2 fully saturated rings. The molecule has 5 rings (SSSR count). The zero-order chi connectivity index (χ0) is 27.7. The number of hydrogen-bond acceptors (Lipinski definition) is 7. The molecule has 1 amide bonds. The number of nitrogens with zero attached hydrogens (tertiary/aromatic N) is 7. The van der Waals surface area contributed by atoms with Crippen LogP contribution >= 0.6 is 0 Å². The zero-order valence-corrected chi connectivity index (χ0v) is 21.9. The van der Waals surface area contributed by atoms with Crippen molar-refractivity contribution < 1.29 is 22.7 Å². The molecule has 9 nitrogen and oxygen atoms in total. The zero-order valence-electron chi connectivity index (χ0n) is 21.9. The molecule has 0 bridgehead atoms. The highest BCUT2D eigenvalue weighted by Crippen LogP contribution is 2.39. The van der Waals surface area contributed by atoms with E-state index in [-0.39, 0.29) is 47.3 Å². The Bertz CT molecular complexity index is 1410. The van der Waals surface area contributed by atoms with Crippen LogP contribution in [0.2, 0.25) is 0 Å². The number of aromatic nitrogens is 4. The molecule has 0 saturated carbocycles. The van der Waals surface area contributed by atoms with Gasteiger partial charge in [0.1, 0.15) is 23.0 Å². The van der Waals surface area contributed by atoms with Crippen LogP contribution in [0.1, 0.15) is 43.5 Å². The number of ether oxygens (including phenoxy) is 1. The van der Waals surface area contributed by atoms with Crippen molar-refractivity contribution in [2.45, 2.75) is 44.3 Å². The molecule has 0 spiro atoms. The number of hydrogen-bond donors (Lipinski definition) is 0. The molecule has 0 radical (unpaired) electrons. The number of piperidine rings is 1. The number of carbonyl (C=O) groups excluding carboxylic acids is 1. The molecule has 2 aliphatic rings. The molecule has 12 heteroatoms. The predicted octanol–water partition coefficient (Wildman–Crippen LogP) is 4.02. The van der Waals surface area contributed by atoms with Gasteiger partial charge in [0.2, 0.25) is 11.7 Å². The Hall–Kier alpha value is -3.72. The maximum absolute atomic E-state index is 14.0. The van der Waals surface area contributed by atoms with Gasteiger partial charge in [0.05, 0.1) is 24.5 Å². The summed E-state index contributed by atoms with van der Waals surface area (Å²) in [5.41, 5.74) is 0.0694. The Morgan fingerprint density at radius 2 is 1.92 bits per heavy atom. The summed E-state index contributed by atoms with van der Waals surface area (Å²) in [7, 11) is 3.67. The van der Waals surface area contributed by atoms with Crippen molar-refractivity contribution in [3.05, 3.63) is 35.9 Å². The van der Waals surface area contributed by atoms with Gasteiger partial charge < -0.3 is 14.2 Å². The number of benzene rings is 1. The number of nitriles is 1. The van der Waals surface area contributed by atoms with Crippen molar-refractivity contribution in [1.29, 1.82) is 5.26 Å². The van der Waals surface area contributed by atoms with E-state index in [1.54, 1.807) is 11.6 Å². The van der Waals surface area contributed by atoms with Crippen LogP contribution in [0.3, 0.4) is 0 Å². The van der Waals surface area contributed by atoms with Crippen LogP contribution in [0.15, 0.2) is 24.5 Å². The maximum atomic E-state index is 14.0. The first-order valence-electron chi connectivity index (χ1n) is 13.1. The molecule has 1 atom stereocenters. The van der Waals surface area contributed by atoms with Crippen LogP contribution in [-0.2, 0) is 18.0 Å². The SMILES string of the molecule is CN1CCCC1C(=O)N1CCC(CCOc2ccc(-c3nc(C#N)nc4c3ncn4C)cc2C(F)(F)F)CC1. The molecular weight excluding hydrogens is 511 g/mol. The second kappa shape index (κ2) is 10.8. The Balaban J connectivity index is 1.25. The van der Waals surface area contributed by atoms with Gasteiger partial charge in [-0.2, -0.15) is 23.4 Å². The summed E-state index contributed by atoms with van der Waals surface area (Å²) in [5.74, 6) is 0.0629. The lowest BCUT2D eigenvalue weighted by Gasteiger charge is -2.34. The molecular formula is C27H30F3N7O2. The first kappa shape index (κ1) is 26.9. The molecule has 2 aromatic heterocycles. The minimum absolute atomic E-state index is 0.0312. The molecule has 4 heterocycles. The van der Waals surface area contributed by atoms with Crippen LogP contribution in [0.4, 0.5) is 13.2 Å². The van der Waals surface area contributed by atoms with Gasteiger partial charge in [-0.1, -0.05) is 0 Å². The van der Waals surface area contributed by atoms with Crippen LogP contribution in [0, 0.1) is 17.2 Å². The van der Waals surface area contributed by atoms with Crippen LogP contribution in [0.5, 0.6) is 5.75 Å². The number of likely N-dealkylation sites (N-methyl/N-ethyl adjacent to an activating group) is 1. The third-order valence-corrected chi connectivity index (χ3v) is 7.73. The number of amides is 1. The number of fused-ring (bicyclic) bond motifs is 1. The van der Waals surface area contributed by atoms with E-state index in [2.05, 4.69) is 19.9 Å². The third kappa shape index (κ3) is 5.54. The minimum atomic E-state index is -4.65. The largest absolute Gasteiger partial charge is 0.493 e. The Morgan fingerprint density at radius 1 is 1.15 bits per heavy atom. The summed E-state index contributed by atoms with van der Waals surface area (Å²) in [6.07, 6.45) is 0.980. The van der Waals surface area contributed by atoms with E-state index in [4.69, 9.17) is 4.74 Å². The summed E-state index contributed by atoms with van der Waals surface area (Å²) < 4.78 is 49.3. The van der Waals surface area contributed by atoms with Gasteiger partial charge in [-0.3, -0.25) is 9.69 Å². The van der Waals surface area contributed by atoms with Crippen LogP contribution in [0.25, 0.3) is 22.4 Å². The van der Waals surface area contributed by atoms with Gasteiger partial charge in [0.25, 0.3) is 0 Å². The number of imidazole rings is 1. The smallest absolute Gasteiger partial charge is 0.419 e. The fraction of sp³-hybridized carbons (Fsp3) is 0.519. The van der Waals surface area contributed by atoms with E-state index >= 15 is 0 Å². The van der Waals surface area contributed by atoms with E-state index in [1.165, 1.54) is 18.5 Å². The standard InChI is InChI=1S/C27H30F3N7O2/c1-35-10-3-4-20(35)26(38)37-11-7-17(8-12-37)9-13-39-21-6-5-18(14-19(21)27(28,29)30)23-24-25(36(2)16-32-24)34-22(15-31)33-23/h5-6,14,16-17,20H,3-4,7-13H2,1-2H3. The normalized spacial score (nSPS) is 19.0. The van der Waals surface area contributed by atoms with E-state index in [0.717, 1.165) is 38.3 Å². The molecule has 1 aromatic carbocycles. The molecule has 0 N–H and O–H groups in total. The average Bonchev–Trinajstić information content (AvgIpc) is 3.53. The fourth-order valence-corrected chi connectivity index (χ4v) is 5.49. The Morgan fingerprint density at radius 3 is 2.59 bits per heavy atom. The first-order valence-corrected chi connectivity index (χ1v) is 13.1. The topological polar surface area (TPSA) is 100 Å². The van der Waals surface area contributed by atoms with Gasteiger partial charge in [0.15, 0.2) is 5.65 Å². The van der Waals surface area contributed by atoms with Gasteiger partial charge >= 0.3 is 6.18 Å². The van der Waals surface area contributed by atoms with Crippen molar-refractivity contribution in [2.24, 2.45) is 13.0 Å². The average molecular weight is 542 g/mol. The van der Waals surface area contributed by atoms with E-state index in [1.807, 2.05) is 18.0 Å². The first-order chi connectivity index (χ1) is 18.7. The maximum Gasteiger partial charge on any atom is 0.419 e. The third-order valence-electron chi connectivity index (χ3n) is 7.73. The van der Waals surface area contributed by atoms with E-state index < -0.39 is 11.7 Å². The van der Waals surface area contributed by atoms with Crippen LogP contribution < -0.4 is 4.74 Å². The van der Waals surface area contributed by atoms with Crippen molar-refractivity contribution >= 4 is 17.1 Å². The van der Waals surface area contributed by atoms with Crippen LogP contribution in [-0.4, -0.2) is 74.6 Å². The summed E-state index contributed by atoms with van der Waals surface area (Å²) >= 11 is 0. The molecule has 2 saturated heterocycles. The molecule has 0 aliphatic carbocycles. The monoisotopic (exact) mass is 541 g/mol. The number of halogens is 3. The van der Waals surface area contributed by atoms with Gasteiger partial charge in [-0.25, -0.2) is 9.97 Å².